The first-order valence-electron chi connectivity index (χ1n) is 8.21. The fourth-order valence-corrected chi connectivity index (χ4v) is 4.67. The lowest BCUT2D eigenvalue weighted by Gasteiger charge is -2.31. The predicted octanol–water partition coefficient (Wildman–Crippen LogP) is 3.11. The average molecular weight is 328 g/mol. The van der Waals surface area contributed by atoms with Crippen molar-refractivity contribution in [2.75, 3.05) is 19.8 Å². The second-order valence-electron chi connectivity index (χ2n) is 6.10. The molecule has 0 spiro atoms. The topological polar surface area (TPSA) is 42.4 Å². The van der Waals surface area contributed by atoms with Gasteiger partial charge in [-0.1, -0.05) is 18.2 Å². The number of rotatable bonds is 3. The van der Waals surface area contributed by atoms with E-state index >= 15 is 0 Å². The summed E-state index contributed by atoms with van der Waals surface area (Å²) in [4.78, 5) is 20.4. The number of thioether (sulfide) groups is 1. The van der Waals surface area contributed by atoms with Crippen LogP contribution in [0.3, 0.4) is 0 Å². The molecule has 2 aliphatic rings. The molecule has 0 bridgehead atoms. The summed E-state index contributed by atoms with van der Waals surface area (Å²) in [5.74, 6) is 0.294. The molecule has 23 heavy (non-hydrogen) atoms. The van der Waals surface area contributed by atoms with Crippen molar-refractivity contribution in [2.45, 2.75) is 35.4 Å². The van der Waals surface area contributed by atoms with Gasteiger partial charge in [-0.25, -0.2) is 0 Å². The molecule has 4 nitrogen and oxygen atoms in total. The second kappa shape index (κ2) is 6.49. The third kappa shape index (κ3) is 2.95. The van der Waals surface area contributed by atoms with Gasteiger partial charge in [0.15, 0.2) is 0 Å². The van der Waals surface area contributed by atoms with Crippen LogP contribution >= 0.6 is 11.8 Å². The van der Waals surface area contributed by atoms with E-state index in [2.05, 4.69) is 16.0 Å². The van der Waals surface area contributed by atoms with Gasteiger partial charge in [0.05, 0.1) is 10.8 Å². The van der Waals surface area contributed by atoms with E-state index in [1.165, 1.54) is 0 Å². The molecule has 2 aliphatic heterocycles. The molecule has 120 valence electrons. The molecule has 2 aromatic rings. The van der Waals surface area contributed by atoms with Crippen molar-refractivity contribution in [3.05, 3.63) is 36.5 Å². The Kier molecular flexibility index (Phi) is 4.23. The molecular weight excluding hydrogens is 308 g/mol. The third-order valence-corrected chi connectivity index (χ3v) is 6.03. The lowest BCUT2D eigenvalue weighted by molar-refractivity contribution is -0.130. The molecule has 0 N–H and O–H groups in total. The number of likely N-dealkylation sites (tertiary alicyclic amines) is 1. The van der Waals surface area contributed by atoms with Crippen molar-refractivity contribution in [2.24, 2.45) is 0 Å². The van der Waals surface area contributed by atoms with Crippen molar-refractivity contribution in [1.82, 2.24) is 9.88 Å². The Morgan fingerprint density at radius 3 is 2.83 bits per heavy atom. The minimum absolute atomic E-state index is 0.0312. The zero-order valence-electron chi connectivity index (χ0n) is 13.0. The number of carbonyl (C=O) groups is 1. The maximum atomic E-state index is 12.8. The van der Waals surface area contributed by atoms with Crippen LogP contribution in [0.15, 0.2) is 41.4 Å². The molecule has 4 rings (SSSR count). The fourth-order valence-electron chi connectivity index (χ4n) is 3.47. The molecule has 5 heteroatoms. The van der Waals surface area contributed by atoms with Gasteiger partial charge in [0.1, 0.15) is 0 Å². The van der Waals surface area contributed by atoms with E-state index in [1.54, 1.807) is 11.8 Å². The molecule has 0 aliphatic carbocycles. The summed E-state index contributed by atoms with van der Waals surface area (Å²) in [5, 5.41) is 1.17. The molecule has 3 heterocycles. The van der Waals surface area contributed by atoms with Crippen LogP contribution in [0.2, 0.25) is 0 Å². The number of ether oxygens (including phenoxy) is 1. The Bertz CT molecular complexity index is 710. The lowest BCUT2D eigenvalue weighted by atomic mass is 10.1. The van der Waals surface area contributed by atoms with Gasteiger partial charge in [0.25, 0.3) is 0 Å². The number of para-hydroxylation sites is 1. The van der Waals surface area contributed by atoms with E-state index in [0.29, 0.717) is 11.9 Å². The smallest absolute Gasteiger partial charge is 0.236 e. The Balaban J connectivity index is 1.52. The highest BCUT2D eigenvalue weighted by Gasteiger charge is 2.37. The minimum atomic E-state index is 0.0312. The van der Waals surface area contributed by atoms with Crippen molar-refractivity contribution >= 4 is 28.6 Å². The Hall–Kier alpha value is -1.59. The molecule has 1 atom stereocenters. The number of carbonyl (C=O) groups excluding carboxylic acids is 1. The van der Waals surface area contributed by atoms with Gasteiger partial charge in [-0.3, -0.25) is 9.78 Å². The van der Waals surface area contributed by atoms with Crippen LogP contribution in [0, 0.1) is 0 Å². The van der Waals surface area contributed by atoms with Crippen molar-refractivity contribution in [3.63, 3.8) is 0 Å². The van der Waals surface area contributed by atoms with Crippen LogP contribution in [0.1, 0.15) is 19.3 Å². The summed E-state index contributed by atoms with van der Waals surface area (Å²) in [6, 6.07) is 10.5. The monoisotopic (exact) mass is 328 g/mol. The molecule has 0 saturated carbocycles. The zero-order valence-corrected chi connectivity index (χ0v) is 13.8. The number of hydrogen-bond acceptors (Lipinski definition) is 4. The number of nitrogens with zero attached hydrogens (tertiary/aromatic N) is 2. The van der Waals surface area contributed by atoms with Gasteiger partial charge in [-0.05, 0) is 31.4 Å². The largest absolute Gasteiger partial charge is 0.381 e. The van der Waals surface area contributed by atoms with Gasteiger partial charge in [0.2, 0.25) is 5.91 Å². The van der Waals surface area contributed by atoms with Gasteiger partial charge >= 0.3 is 0 Å². The Morgan fingerprint density at radius 2 is 1.96 bits per heavy atom. The van der Waals surface area contributed by atoms with Crippen LogP contribution in [-0.4, -0.2) is 46.8 Å². The van der Waals surface area contributed by atoms with Crippen molar-refractivity contribution in [1.29, 1.82) is 0 Å². The van der Waals surface area contributed by atoms with Crippen LogP contribution < -0.4 is 0 Å². The second-order valence-corrected chi connectivity index (χ2v) is 7.34. The first-order valence-corrected chi connectivity index (χ1v) is 9.09. The lowest BCUT2D eigenvalue weighted by Crippen LogP contribution is -2.41. The van der Waals surface area contributed by atoms with Crippen LogP contribution in [0.5, 0.6) is 0 Å². The van der Waals surface area contributed by atoms with E-state index < -0.39 is 0 Å². The Morgan fingerprint density at radius 1 is 1.13 bits per heavy atom. The van der Waals surface area contributed by atoms with Gasteiger partial charge in [0, 0.05) is 42.3 Å². The number of hydrogen-bond donors (Lipinski definition) is 0. The van der Waals surface area contributed by atoms with E-state index in [-0.39, 0.29) is 5.25 Å². The molecular formula is C18H20N2O2S. The summed E-state index contributed by atoms with van der Waals surface area (Å²) < 4.78 is 5.42. The first kappa shape index (κ1) is 15.0. The number of aromatic nitrogens is 1. The van der Waals surface area contributed by atoms with E-state index in [0.717, 1.165) is 54.8 Å². The number of amides is 1. The highest BCUT2D eigenvalue weighted by Crippen LogP contribution is 2.35. The van der Waals surface area contributed by atoms with Crippen molar-refractivity contribution in [3.8, 4) is 0 Å². The minimum Gasteiger partial charge on any atom is -0.381 e. The van der Waals surface area contributed by atoms with Crippen LogP contribution in [-0.2, 0) is 9.53 Å². The summed E-state index contributed by atoms with van der Waals surface area (Å²) in [7, 11) is 0. The Labute approximate surface area is 140 Å². The molecule has 1 unspecified atom stereocenters. The molecule has 1 amide bonds. The highest BCUT2D eigenvalue weighted by atomic mass is 32.2. The average Bonchev–Trinajstić information content (AvgIpc) is 2.97. The normalized spacial score (nSPS) is 22.9. The van der Waals surface area contributed by atoms with Gasteiger partial charge < -0.3 is 9.64 Å². The standard InChI is InChI=1S/C18H20N2O2S/c21-18-17(6-10-20(18)13-7-11-22-12-8-13)23-16-5-9-19-15-4-2-1-3-14(15)16/h1-5,9,13,17H,6-8,10-12H2. The molecule has 0 radical (unpaired) electrons. The molecule has 1 aromatic heterocycles. The van der Waals surface area contributed by atoms with Gasteiger partial charge in [-0.2, -0.15) is 0 Å². The third-order valence-electron chi connectivity index (χ3n) is 4.70. The number of fused-ring (bicyclic) bond motifs is 1. The quantitative estimate of drug-likeness (QED) is 0.868. The number of benzene rings is 1. The van der Waals surface area contributed by atoms with Crippen LogP contribution in [0.4, 0.5) is 0 Å². The maximum absolute atomic E-state index is 12.8. The maximum Gasteiger partial charge on any atom is 0.236 e. The van der Waals surface area contributed by atoms with Crippen molar-refractivity contribution < 1.29 is 9.53 Å². The van der Waals surface area contributed by atoms with Gasteiger partial charge in [-0.15, -0.1) is 11.8 Å². The summed E-state index contributed by atoms with van der Waals surface area (Å²) in [6.07, 6.45) is 4.71. The van der Waals surface area contributed by atoms with E-state index in [9.17, 15) is 4.79 Å². The SMILES string of the molecule is O=C1C(Sc2ccnc3ccccc23)CCN1C1CCOCC1. The highest BCUT2D eigenvalue weighted by molar-refractivity contribution is 8.00. The molecule has 1 aromatic carbocycles. The molecule has 2 saturated heterocycles. The number of pyridine rings is 1. The molecule has 2 fully saturated rings. The predicted molar refractivity (Wildman–Crippen MR) is 91.6 cm³/mol. The van der Waals surface area contributed by atoms with E-state index in [4.69, 9.17) is 4.74 Å². The summed E-state index contributed by atoms with van der Waals surface area (Å²) in [5.41, 5.74) is 0.990. The zero-order chi connectivity index (χ0) is 15.6. The summed E-state index contributed by atoms with van der Waals surface area (Å²) >= 11 is 1.69. The fraction of sp³-hybridized carbons (Fsp3) is 0.444. The van der Waals surface area contributed by atoms with E-state index in [1.807, 2.05) is 30.5 Å². The van der Waals surface area contributed by atoms with Crippen LogP contribution in [0.25, 0.3) is 10.9 Å². The summed E-state index contributed by atoms with van der Waals surface area (Å²) in [6.45, 7) is 2.44. The first-order chi connectivity index (χ1) is 11.3.